The van der Waals surface area contributed by atoms with Crippen LogP contribution in [0.2, 0.25) is 0 Å². The van der Waals surface area contributed by atoms with Crippen LogP contribution >= 0.6 is 0 Å². The van der Waals surface area contributed by atoms with Crippen LogP contribution in [0.1, 0.15) is 51.0 Å². The fourth-order valence-corrected chi connectivity index (χ4v) is 6.40. The number of nitrogens with one attached hydrogen (secondary N) is 1. The van der Waals surface area contributed by atoms with E-state index in [0.29, 0.717) is 26.1 Å². The van der Waals surface area contributed by atoms with Gasteiger partial charge in [-0.2, -0.15) is 0 Å². The summed E-state index contributed by atoms with van der Waals surface area (Å²) in [6.45, 7) is 6.71. The minimum Gasteiger partial charge on any atom is -0.356 e. The molecule has 174 valence electrons. The SMILES string of the molecule is CCCS(=O)(=O)N1CCC[C@H](C(=O)NCCCN2CCC(Cc3ccccc3)CC2)C1. The van der Waals surface area contributed by atoms with Crippen molar-refractivity contribution < 1.29 is 13.2 Å². The van der Waals surface area contributed by atoms with Crippen LogP contribution in [0.15, 0.2) is 30.3 Å². The third-order valence-electron chi connectivity index (χ3n) is 6.64. The highest BCUT2D eigenvalue weighted by Crippen LogP contribution is 2.22. The fourth-order valence-electron chi connectivity index (χ4n) is 4.82. The van der Waals surface area contributed by atoms with E-state index in [2.05, 4.69) is 40.5 Å². The molecule has 1 N–H and O–H groups in total. The Morgan fingerprint density at radius 3 is 2.55 bits per heavy atom. The maximum Gasteiger partial charge on any atom is 0.224 e. The first-order valence-corrected chi connectivity index (χ1v) is 13.6. The van der Waals surface area contributed by atoms with Crippen molar-refractivity contribution in [3.8, 4) is 0 Å². The van der Waals surface area contributed by atoms with E-state index in [9.17, 15) is 13.2 Å². The largest absolute Gasteiger partial charge is 0.356 e. The number of piperidine rings is 2. The topological polar surface area (TPSA) is 69.7 Å². The number of carbonyl (C=O) groups excluding carboxylic acids is 1. The number of likely N-dealkylation sites (tertiary alicyclic amines) is 1. The van der Waals surface area contributed by atoms with Crippen molar-refractivity contribution >= 4 is 15.9 Å². The predicted octanol–water partition coefficient (Wildman–Crippen LogP) is 2.90. The van der Waals surface area contributed by atoms with Gasteiger partial charge in [0.25, 0.3) is 0 Å². The zero-order valence-corrected chi connectivity index (χ0v) is 19.8. The van der Waals surface area contributed by atoms with Gasteiger partial charge in [0.05, 0.1) is 11.7 Å². The summed E-state index contributed by atoms with van der Waals surface area (Å²) in [5.74, 6) is 0.743. The Labute approximate surface area is 188 Å². The molecule has 0 aromatic heterocycles. The summed E-state index contributed by atoms with van der Waals surface area (Å²) in [5.41, 5.74) is 1.44. The third-order valence-corrected chi connectivity index (χ3v) is 8.68. The monoisotopic (exact) mass is 449 g/mol. The Morgan fingerprint density at radius 1 is 1.10 bits per heavy atom. The maximum absolute atomic E-state index is 12.5. The molecule has 0 bridgehead atoms. The second kappa shape index (κ2) is 12.0. The summed E-state index contributed by atoms with van der Waals surface area (Å²) in [6, 6.07) is 10.8. The summed E-state index contributed by atoms with van der Waals surface area (Å²) >= 11 is 0. The van der Waals surface area contributed by atoms with E-state index >= 15 is 0 Å². The standard InChI is InChI=1S/C24H39N3O3S/c1-2-18-31(29,30)27-15-6-10-23(20-27)24(28)25-13-7-14-26-16-11-22(12-17-26)19-21-8-4-3-5-9-21/h3-5,8-9,22-23H,2,6-7,10-20H2,1H3,(H,25,28)/t23-/m0/s1. The smallest absolute Gasteiger partial charge is 0.224 e. The lowest BCUT2D eigenvalue weighted by Gasteiger charge is -2.32. The Morgan fingerprint density at radius 2 is 1.84 bits per heavy atom. The quantitative estimate of drug-likeness (QED) is 0.558. The van der Waals surface area contributed by atoms with Crippen molar-refractivity contribution in [3.63, 3.8) is 0 Å². The third kappa shape index (κ3) is 7.58. The predicted molar refractivity (Wildman–Crippen MR) is 125 cm³/mol. The van der Waals surface area contributed by atoms with Gasteiger partial charge in [-0.05, 0) is 76.1 Å². The molecule has 1 aromatic rings. The van der Waals surface area contributed by atoms with Crippen molar-refractivity contribution in [1.29, 1.82) is 0 Å². The van der Waals surface area contributed by atoms with Gasteiger partial charge < -0.3 is 10.2 Å². The Hall–Kier alpha value is -1.44. The Bertz CT molecular complexity index is 777. The molecule has 2 fully saturated rings. The molecule has 0 unspecified atom stereocenters. The molecule has 3 rings (SSSR count). The molecule has 7 heteroatoms. The van der Waals surface area contributed by atoms with Crippen LogP contribution in [0.4, 0.5) is 0 Å². The first-order valence-electron chi connectivity index (χ1n) is 12.0. The number of hydrogen-bond acceptors (Lipinski definition) is 4. The van der Waals surface area contributed by atoms with Gasteiger partial charge in [-0.15, -0.1) is 0 Å². The van der Waals surface area contributed by atoms with Crippen LogP contribution in [-0.2, 0) is 21.2 Å². The zero-order chi connectivity index (χ0) is 22.1. The van der Waals surface area contributed by atoms with Crippen LogP contribution in [-0.4, -0.2) is 68.6 Å². The molecule has 1 atom stereocenters. The van der Waals surface area contributed by atoms with E-state index in [1.165, 1.54) is 29.1 Å². The molecule has 2 heterocycles. The molecule has 6 nitrogen and oxygen atoms in total. The maximum atomic E-state index is 12.5. The van der Waals surface area contributed by atoms with Crippen LogP contribution in [0.5, 0.6) is 0 Å². The zero-order valence-electron chi connectivity index (χ0n) is 19.0. The van der Waals surface area contributed by atoms with E-state index < -0.39 is 10.0 Å². The number of carbonyl (C=O) groups is 1. The summed E-state index contributed by atoms with van der Waals surface area (Å²) in [6.07, 6.45) is 6.75. The average molecular weight is 450 g/mol. The molecule has 31 heavy (non-hydrogen) atoms. The van der Waals surface area contributed by atoms with Crippen molar-refractivity contribution in [2.45, 2.75) is 51.9 Å². The lowest BCUT2D eigenvalue weighted by molar-refractivity contribution is -0.126. The van der Waals surface area contributed by atoms with Gasteiger partial charge in [-0.1, -0.05) is 37.3 Å². The molecule has 0 radical (unpaired) electrons. The first kappa shape index (κ1) is 24.2. The summed E-state index contributed by atoms with van der Waals surface area (Å²) in [4.78, 5) is 15.1. The van der Waals surface area contributed by atoms with Gasteiger partial charge >= 0.3 is 0 Å². The van der Waals surface area contributed by atoms with E-state index in [4.69, 9.17) is 0 Å². The highest BCUT2D eigenvalue weighted by Gasteiger charge is 2.31. The van der Waals surface area contributed by atoms with E-state index in [-0.39, 0.29) is 17.6 Å². The van der Waals surface area contributed by atoms with Crippen molar-refractivity contribution in [1.82, 2.24) is 14.5 Å². The van der Waals surface area contributed by atoms with Crippen LogP contribution < -0.4 is 5.32 Å². The van der Waals surface area contributed by atoms with Crippen LogP contribution in [0.25, 0.3) is 0 Å². The first-order chi connectivity index (χ1) is 15.0. The number of nitrogens with zero attached hydrogens (tertiary/aromatic N) is 2. The Kier molecular flexibility index (Phi) is 9.35. The molecule has 2 saturated heterocycles. The van der Waals surface area contributed by atoms with Crippen LogP contribution in [0, 0.1) is 11.8 Å². The molecule has 1 amide bonds. The number of rotatable bonds is 10. The van der Waals surface area contributed by atoms with E-state index in [0.717, 1.165) is 44.8 Å². The number of sulfonamides is 1. The molecule has 1 aromatic carbocycles. The van der Waals surface area contributed by atoms with Gasteiger partial charge in [0, 0.05) is 19.6 Å². The van der Waals surface area contributed by atoms with Gasteiger partial charge in [0.15, 0.2) is 0 Å². The van der Waals surface area contributed by atoms with Gasteiger partial charge in [-0.3, -0.25) is 4.79 Å². The minimum atomic E-state index is -3.22. The van der Waals surface area contributed by atoms with Crippen molar-refractivity contribution in [2.24, 2.45) is 11.8 Å². The summed E-state index contributed by atoms with van der Waals surface area (Å²) < 4.78 is 26.1. The second-order valence-electron chi connectivity index (χ2n) is 9.13. The highest BCUT2D eigenvalue weighted by atomic mass is 32.2. The van der Waals surface area contributed by atoms with Gasteiger partial charge in [-0.25, -0.2) is 12.7 Å². The Balaban J connectivity index is 1.31. The van der Waals surface area contributed by atoms with Gasteiger partial charge in [0.1, 0.15) is 0 Å². The lowest BCUT2D eigenvalue weighted by atomic mass is 9.90. The highest BCUT2D eigenvalue weighted by molar-refractivity contribution is 7.89. The molecular weight excluding hydrogens is 410 g/mol. The number of hydrogen-bond donors (Lipinski definition) is 1. The van der Waals surface area contributed by atoms with Crippen molar-refractivity contribution in [2.75, 3.05) is 45.0 Å². The molecule has 0 saturated carbocycles. The average Bonchev–Trinajstić information content (AvgIpc) is 2.78. The number of benzene rings is 1. The molecular formula is C24H39N3O3S. The fraction of sp³-hybridized carbons (Fsp3) is 0.708. The molecule has 0 aliphatic carbocycles. The molecule has 2 aliphatic rings. The molecule has 0 spiro atoms. The number of amides is 1. The van der Waals surface area contributed by atoms with Crippen LogP contribution in [0.3, 0.4) is 0 Å². The summed E-state index contributed by atoms with van der Waals surface area (Å²) in [7, 11) is -3.22. The second-order valence-corrected chi connectivity index (χ2v) is 11.2. The van der Waals surface area contributed by atoms with Gasteiger partial charge in [0.2, 0.25) is 15.9 Å². The normalized spacial score (nSPS) is 21.8. The summed E-state index contributed by atoms with van der Waals surface area (Å²) in [5, 5.41) is 3.05. The van der Waals surface area contributed by atoms with E-state index in [1.54, 1.807) is 0 Å². The van der Waals surface area contributed by atoms with E-state index in [1.807, 2.05) is 6.92 Å². The van der Waals surface area contributed by atoms with Crippen molar-refractivity contribution in [3.05, 3.63) is 35.9 Å². The minimum absolute atomic E-state index is 0.0120. The molecule has 2 aliphatic heterocycles. The lowest BCUT2D eigenvalue weighted by Crippen LogP contribution is -2.46.